The third-order valence-electron chi connectivity index (χ3n) is 2.90. The number of halogens is 2. The maximum Gasteiger partial charge on any atom is 0.150 e. The zero-order valence-electron chi connectivity index (χ0n) is 10.6. The Hall–Kier alpha value is -2.74. The number of benzene rings is 2. The second-order valence-electron chi connectivity index (χ2n) is 4.14. The van der Waals surface area contributed by atoms with Gasteiger partial charge in [0.1, 0.15) is 18.0 Å². The molecule has 0 saturated heterocycles. The van der Waals surface area contributed by atoms with Gasteiger partial charge in [0.15, 0.2) is 11.6 Å². The Morgan fingerprint density at radius 3 is 2.35 bits per heavy atom. The fourth-order valence-electron chi connectivity index (χ4n) is 1.95. The van der Waals surface area contributed by atoms with Crippen LogP contribution in [0.1, 0.15) is 15.9 Å². The van der Waals surface area contributed by atoms with E-state index in [9.17, 15) is 13.6 Å². The predicted molar refractivity (Wildman–Crippen MR) is 71.0 cm³/mol. The van der Waals surface area contributed by atoms with Gasteiger partial charge in [-0.05, 0) is 24.3 Å². The van der Waals surface area contributed by atoms with Gasteiger partial charge in [-0.25, -0.2) is 8.78 Å². The lowest BCUT2D eigenvalue weighted by Crippen LogP contribution is -2.15. The van der Waals surface area contributed by atoms with Gasteiger partial charge in [0.25, 0.3) is 0 Å². The van der Waals surface area contributed by atoms with Gasteiger partial charge >= 0.3 is 0 Å². The minimum absolute atomic E-state index is 0.0780. The van der Waals surface area contributed by atoms with Crippen molar-refractivity contribution in [3.8, 4) is 6.07 Å². The van der Waals surface area contributed by atoms with Crippen LogP contribution in [-0.2, 0) is 0 Å². The van der Waals surface area contributed by atoms with Crippen molar-refractivity contribution in [2.45, 2.75) is 0 Å². The van der Waals surface area contributed by atoms with Crippen LogP contribution in [0.5, 0.6) is 0 Å². The Balaban J connectivity index is 2.57. The molecule has 0 spiro atoms. The normalized spacial score (nSPS) is 9.90. The molecule has 0 aromatic heterocycles. The number of aldehydes is 1. The van der Waals surface area contributed by atoms with E-state index in [0.29, 0.717) is 17.5 Å². The first-order valence-corrected chi connectivity index (χ1v) is 5.75. The molecular formula is C15H10F2N2O. The van der Waals surface area contributed by atoms with E-state index in [-0.39, 0.29) is 11.3 Å². The second-order valence-corrected chi connectivity index (χ2v) is 4.14. The van der Waals surface area contributed by atoms with Crippen LogP contribution in [0.3, 0.4) is 0 Å². The minimum Gasteiger partial charge on any atom is -0.339 e. The standard InChI is InChI=1S/C15H10F2N2O/c1-19(14-5-3-2-4-11(14)8-18)15-12(16)6-10(9-20)7-13(15)17/h2-7,9H,1H3. The highest BCUT2D eigenvalue weighted by molar-refractivity contribution is 5.77. The van der Waals surface area contributed by atoms with Gasteiger partial charge in [-0.3, -0.25) is 4.79 Å². The molecule has 20 heavy (non-hydrogen) atoms. The first-order chi connectivity index (χ1) is 9.58. The van der Waals surface area contributed by atoms with Crippen LogP contribution in [-0.4, -0.2) is 13.3 Å². The van der Waals surface area contributed by atoms with E-state index < -0.39 is 11.6 Å². The molecule has 0 saturated carbocycles. The lowest BCUT2D eigenvalue weighted by Gasteiger charge is -2.21. The highest BCUT2D eigenvalue weighted by atomic mass is 19.1. The molecule has 0 aliphatic carbocycles. The van der Waals surface area contributed by atoms with Gasteiger partial charge < -0.3 is 4.90 Å². The molecule has 2 rings (SSSR count). The van der Waals surface area contributed by atoms with E-state index in [4.69, 9.17) is 5.26 Å². The number of para-hydroxylation sites is 1. The molecule has 0 bridgehead atoms. The fraction of sp³-hybridized carbons (Fsp3) is 0.0667. The molecule has 2 aromatic carbocycles. The first-order valence-electron chi connectivity index (χ1n) is 5.75. The second kappa shape index (κ2) is 5.49. The van der Waals surface area contributed by atoms with E-state index in [1.807, 2.05) is 6.07 Å². The van der Waals surface area contributed by atoms with Crippen molar-refractivity contribution in [2.24, 2.45) is 0 Å². The SMILES string of the molecule is CN(c1ccccc1C#N)c1c(F)cc(C=O)cc1F. The van der Waals surface area contributed by atoms with Crippen LogP contribution in [0.4, 0.5) is 20.2 Å². The molecule has 0 aliphatic rings. The third kappa shape index (κ3) is 2.36. The molecule has 3 nitrogen and oxygen atoms in total. The maximum absolute atomic E-state index is 13.9. The highest BCUT2D eigenvalue weighted by Crippen LogP contribution is 2.31. The van der Waals surface area contributed by atoms with E-state index in [1.165, 1.54) is 11.9 Å². The molecular weight excluding hydrogens is 262 g/mol. The van der Waals surface area contributed by atoms with Crippen molar-refractivity contribution < 1.29 is 13.6 Å². The third-order valence-corrected chi connectivity index (χ3v) is 2.90. The summed E-state index contributed by atoms with van der Waals surface area (Å²) in [6, 6.07) is 10.4. The van der Waals surface area contributed by atoms with Crippen LogP contribution < -0.4 is 4.90 Å². The molecule has 0 N–H and O–H groups in total. The molecule has 0 unspecified atom stereocenters. The van der Waals surface area contributed by atoms with Crippen LogP contribution >= 0.6 is 0 Å². The highest BCUT2D eigenvalue weighted by Gasteiger charge is 2.18. The van der Waals surface area contributed by atoms with Gasteiger partial charge in [0.2, 0.25) is 0 Å². The van der Waals surface area contributed by atoms with Crippen LogP contribution in [0.2, 0.25) is 0 Å². The zero-order valence-corrected chi connectivity index (χ0v) is 10.6. The molecule has 0 radical (unpaired) electrons. The lowest BCUT2D eigenvalue weighted by atomic mass is 10.1. The van der Waals surface area contributed by atoms with Crippen LogP contribution in [0, 0.1) is 23.0 Å². The average Bonchev–Trinajstić information content (AvgIpc) is 2.46. The number of carbonyl (C=O) groups is 1. The van der Waals surface area contributed by atoms with Crippen molar-refractivity contribution >= 4 is 17.7 Å². The molecule has 5 heteroatoms. The van der Waals surface area contributed by atoms with Crippen LogP contribution in [0.15, 0.2) is 36.4 Å². The number of hydrogen-bond donors (Lipinski definition) is 0. The average molecular weight is 272 g/mol. The van der Waals surface area contributed by atoms with E-state index >= 15 is 0 Å². The van der Waals surface area contributed by atoms with Crippen molar-refractivity contribution in [1.29, 1.82) is 5.26 Å². The molecule has 100 valence electrons. The molecule has 2 aromatic rings. The predicted octanol–water partition coefficient (Wildman–Crippen LogP) is 3.42. The summed E-state index contributed by atoms with van der Waals surface area (Å²) in [5.74, 6) is -1.72. The number of rotatable bonds is 3. The molecule has 0 aliphatic heterocycles. The molecule has 0 fully saturated rings. The van der Waals surface area contributed by atoms with Crippen molar-refractivity contribution in [2.75, 3.05) is 11.9 Å². The first kappa shape index (κ1) is 13.7. The van der Waals surface area contributed by atoms with Gasteiger partial charge in [0, 0.05) is 12.6 Å². The number of anilines is 2. The number of hydrogen-bond acceptors (Lipinski definition) is 3. The summed E-state index contributed by atoms with van der Waals surface area (Å²) in [6.07, 6.45) is 0.374. The number of carbonyl (C=O) groups excluding carboxylic acids is 1. The zero-order chi connectivity index (χ0) is 14.7. The monoisotopic (exact) mass is 272 g/mol. The smallest absolute Gasteiger partial charge is 0.150 e. The van der Waals surface area contributed by atoms with Gasteiger partial charge in [0.05, 0.1) is 11.3 Å². The van der Waals surface area contributed by atoms with Gasteiger partial charge in [-0.1, -0.05) is 12.1 Å². The Morgan fingerprint density at radius 2 is 1.80 bits per heavy atom. The summed E-state index contributed by atoms with van der Waals surface area (Å²) in [6.45, 7) is 0. The van der Waals surface area contributed by atoms with E-state index in [0.717, 1.165) is 12.1 Å². The summed E-state index contributed by atoms with van der Waals surface area (Å²) in [4.78, 5) is 11.8. The minimum atomic E-state index is -0.859. The van der Waals surface area contributed by atoms with Crippen molar-refractivity contribution in [3.63, 3.8) is 0 Å². The number of nitriles is 1. The Bertz CT molecular complexity index is 684. The van der Waals surface area contributed by atoms with Crippen molar-refractivity contribution in [3.05, 3.63) is 59.2 Å². The topological polar surface area (TPSA) is 44.1 Å². The molecule has 0 heterocycles. The lowest BCUT2D eigenvalue weighted by molar-refractivity contribution is 0.112. The summed E-state index contributed by atoms with van der Waals surface area (Å²) in [5.41, 5.74) is 0.295. The Kier molecular flexibility index (Phi) is 3.76. The fourth-order valence-corrected chi connectivity index (χ4v) is 1.95. The van der Waals surface area contributed by atoms with Crippen molar-refractivity contribution in [1.82, 2.24) is 0 Å². The van der Waals surface area contributed by atoms with Gasteiger partial charge in [-0.2, -0.15) is 5.26 Å². The molecule has 0 atom stereocenters. The number of nitrogens with zero attached hydrogens (tertiary/aromatic N) is 2. The van der Waals surface area contributed by atoms with E-state index in [1.54, 1.807) is 24.3 Å². The summed E-state index contributed by atoms with van der Waals surface area (Å²) >= 11 is 0. The Morgan fingerprint density at radius 1 is 1.20 bits per heavy atom. The largest absolute Gasteiger partial charge is 0.339 e. The van der Waals surface area contributed by atoms with Crippen LogP contribution in [0.25, 0.3) is 0 Å². The molecule has 0 amide bonds. The van der Waals surface area contributed by atoms with E-state index in [2.05, 4.69) is 0 Å². The Labute approximate surface area is 114 Å². The maximum atomic E-state index is 13.9. The summed E-state index contributed by atoms with van der Waals surface area (Å²) in [7, 11) is 1.46. The van der Waals surface area contributed by atoms with Gasteiger partial charge in [-0.15, -0.1) is 0 Å². The summed E-state index contributed by atoms with van der Waals surface area (Å²) in [5, 5.41) is 9.02. The summed E-state index contributed by atoms with van der Waals surface area (Å²) < 4.78 is 27.9. The quantitative estimate of drug-likeness (QED) is 0.804.